The third kappa shape index (κ3) is 2.28. The Bertz CT molecular complexity index is 299. The molecule has 0 bridgehead atoms. The predicted octanol–water partition coefficient (Wildman–Crippen LogP) is 1.62. The van der Waals surface area contributed by atoms with E-state index in [2.05, 4.69) is 18.7 Å². The van der Waals surface area contributed by atoms with Crippen molar-refractivity contribution in [2.24, 2.45) is 0 Å². The van der Waals surface area contributed by atoms with Crippen LogP contribution in [0.4, 0.5) is 4.79 Å². The van der Waals surface area contributed by atoms with Crippen LogP contribution in [0.2, 0.25) is 0 Å². The summed E-state index contributed by atoms with van der Waals surface area (Å²) in [5, 5.41) is 0. The number of carbonyl (C=O) groups is 1. The van der Waals surface area contributed by atoms with Gasteiger partial charge in [0.05, 0.1) is 0 Å². The minimum absolute atomic E-state index is 0.196. The highest BCUT2D eigenvalue weighted by molar-refractivity contribution is 5.74. The Kier molecular flexibility index (Phi) is 3.34. The normalized spacial score (nSPS) is 23.2. The van der Waals surface area contributed by atoms with Gasteiger partial charge in [0, 0.05) is 44.8 Å². The van der Waals surface area contributed by atoms with Crippen LogP contribution in [0, 0.1) is 0 Å². The van der Waals surface area contributed by atoms with Gasteiger partial charge in [0.15, 0.2) is 0 Å². The summed E-state index contributed by atoms with van der Waals surface area (Å²) in [5.74, 6) is 0. The number of nitrogens with zero attached hydrogens (tertiary/aromatic N) is 3. The Hall–Kier alpha value is -0.770. The van der Waals surface area contributed by atoms with Gasteiger partial charge in [0.25, 0.3) is 0 Å². The van der Waals surface area contributed by atoms with Gasteiger partial charge in [0.2, 0.25) is 0 Å². The van der Waals surface area contributed by atoms with Gasteiger partial charge >= 0.3 is 6.03 Å². The Morgan fingerprint density at radius 2 is 2.00 bits per heavy atom. The van der Waals surface area contributed by atoms with Gasteiger partial charge < -0.3 is 9.80 Å². The molecule has 4 heteroatoms. The van der Waals surface area contributed by atoms with Crippen LogP contribution in [0.15, 0.2) is 0 Å². The molecule has 17 heavy (non-hydrogen) atoms. The topological polar surface area (TPSA) is 26.8 Å². The van der Waals surface area contributed by atoms with Gasteiger partial charge in [0.1, 0.15) is 0 Å². The van der Waals surface area contributed by atoms with Crippen LogP contribution >= 0.6 is 0 Å². The number of hydrogen-bond acceptors (Lipinski definition) is 2. The molecule has 1 aliphatic carbocycles. The van der Waals surface area contributed by atoms with Crippen molar-refractivity contribution in [1.29, 1.82) is 0 Å². The van der Waals surface area contributed by atoms with Gasteiger partial charge in [-0.3, -0.25) is 4.90 Å². The van der Waals surface area contributed by atoms with Crippen molar-refractivity contribution in [3.05, 3.63) is 0 Å². The maximum atomic E-state index is 12.2. The lowest BCUT2D eigenvalue weighted by molar-refractivity contribution is 0.0442. The molecule has 1 heterocycles. The molecule has 2 aliphatic rings. The molecule has 0 aromatic rings. The first-order valence-electron chi connectivity index (χ1n) is 6.77. The zero-order valence-corrected chi connectivity index (χ0v) is 11.6. The quantitative estimate of drug-likeness (QED) is 0.732. The molecule has 0 aromatic heterocycles. The van der Waals surface area contributed by atoms with E-state index in [1.54, 1.807) is 4.90 Å². The fourth-order valence-corrected chi connectivity index (χ4v) is 2.93. The molecular weight excluding hydrogens is 214 g/mol. The van der Waals surface area contributed by atoms with Gasteiger partial charge in [-0.2, -0.15) is 0 Å². The lowest BCUT2D eigenvalue weighted by Crippen LogP contribution is -2.60. The van der Waals surface area contributed by atoms with E-state index in [4.69, 9.17) is 0 Å². The molecule has 1 spiro atoms. The second-order valence-electron chi connectivity index (χ2n) is 5.73. The van der Waals surface area contributed by atoms with Crippen LogP contribution in [0.1, 0.15) is 33.6 Å². The molecule has 2 rings (SSSR count). The van der Waals surface area contributed by atoms with Gasteiger partial charge in [-0.25, -0.2) is 4.79 Å². The van der Waals surface area contributed by atoms with Crippen LogP contribution in [0.5, 0.6) is 0 Å². The van der Waals surface area contributed by atoms with E-state index in [9.17, 15) is 4.79 Å². The molecule has 98 valence electrons. The van der Waals surface area contributed by atoms with E-state index in [-0.39, 0.29) is 6.03 Å². The number of urea groups is 1. The number of rotatable bonds is 2. The molecule has 0 N–H and O–H groups in total. The first-order valence-corrected chi connectivity index (χ1v) is 6.77. The van der Waals surface area contributed by atoms with Gasteiger partial charge in [-0.15, -0.1) is 0 Å². The van der Waals surface area contributed by atoms with Crippen LogP contribution in [0.25, 0.3) is 0 Å². The summed E-state index contributed by atoms with van der Waals surface area (Å²) < 4.78 is 0. The van der Waals surface area contributed by atoms with Crippen molar-refractivity contribution in [3.63, 3.8) is 0 Å². The molecule has 0 unspecified atom stereocenters. The van der Waals surface area contributed by atoms with Crippen LogP contribution < -0.4 is 0 Å². The Balaban J connectivity index is 2.01. The fourth-order valence-electron chi connectivity index (χ4n) is 2.93. The van der Waals surface area contributed by atoms with E-state index in [1.165, 1.54) is 12.8 Å². The van der Waals surface area contributed by atoms with Crippen LogP contribution in [-0.2, 0) is 0 Å². The summed E-state index contributed by atoms with van der Waals surface area (Å²) in [4.78, 5) is 18.6. The van der Waals surface area contributed by atoms with Crippen molar-refractivity contribution >= 4 is 6.03 Å². The number of carbonyl (C=O) groups excluding carboxylic acids is 1. The third-order valence-corrected chi connectivity index (χ3v) is 4.23. The minimum atomic E-state index is 0.196. The predicted molar refractivity (Wildman–Crippen MR) is 69.1 cm³/mol. The Labute approximate surface area is 105 Å². The highest BCUT2D eigenvalue weighted by Gasteiger charge is 2.52. The van der Waals surface area contributed by atoms with Gasteiger partial charge in [-0.1, -0.05) is 0 Å². The highest BCUT2D eigenvalue weighted by Crippen LogP contribution is 2.45. The van der Waals surface area contributed by atoms with Crippen molar-refractivity contribution < 1.29 is 4.79 Å². The molecule has 2 fully saturated rings. The maximum Gasteiger partial charge on any atom is 0.319 e. The summed E-state index contributed by atoms with van der Waals surface area (Å²) in [7, 11) is 1.89. The second-order valence-corrected chi connectivity index (χ2v) is 5.73. The molecule has 4 nitrogen and oxygen atoms in total. The molecule has 1 saturated carbocycles. The van der Waals surface area contributed by atoms with Crippen LogP contribution in [-0.4, -0.2) is 65.5 Å². The first kappa shape index (κ1) is 12.7. The maximum absolute atomic E-state index is 12.2. The van der Waals surface area contributed by atoms with E-state index in [0.29, 0.717) is 11.6 Å². The second kappa shape index (κ2) is 4.48. The number of amides is 2. The molecule has 1 aliphatic heterocycles. The van der Waals surface area contributed by atoms with E-state index >= 15 is 0 Å². The van der Waals surface area contributed by atoms with Crippen LogP contribution in [0.3, 0.4) is 0 Å². The van der Waals surface area contributed by atoms with E-state index in [0.717, 1.165) is 26.2 Å². The summed E-state index contributed by atoms with van der Waals surface area (Å²) in [6.45, 7) is 10.2. The smallest absolute Gasteiger partial charge is 0.319 e. The molecule has 0 aromatic carbocycles. The van der Waals surface area contributed by atoms with Crippen molar-refractivity contribution in [2.75, 3.05) is 33.2 Å². The molecule has 2 amide bonds. The zero-order chi connectivity index (χ0) is 12.6. The average Bonchev–Trinajstić information content (AvgIpc) is 3.06. The molecule has 1 saturated heterocycles. The Morgan fingerprint density at radius 1 is 1.35 bits per heavy atom. The fraction of sp³-hybridized carbons (Fsp3) is 0.923. The largest absolute Gasteiger partial charge is 0.328 e. The average molecular weight is 239 g/mol. The minimum Gasteiger partial charge on any atom is -0.328 e. The SMILES string of the molecule is CCN(C)C(=O)N1CCN(C(C)C)C2(CC2)C1. The lowest BCUT2D eigenvalue weighted by atomic mass is 10.1. The highest BCUT2D eigenvalue weighted by atomic mass is 16.2. The summed E-state index contributed by atoms with van der Waals surface area (Å²) in [5.41, 5.74) is 0.316. The number of piperazine rings is 1. The molecular formula is C13H25N3O. The van der Waals surface area contributed by atoms with Crippen molar-refractivity contribution in [3.8, 4) is 0 Å². The standard InChI is InChI=1S/C13H25N3O/c1-5-14(4)12(17)15-8-9-16(11(2)3)13(10-15)6-7-13/h11H,5-10H2,1-4H3. The van der Waals surface area contributed by atoms with E-state index in [1.807, 2.05) is 18.9 Å². The van der Waals surface area contributed by atoms with Crippen molar-refractivity contribution in [1.82, 2.24) is 14.7 Å². The van der Waals surface area contributed by atoms with Gasteiger partial charge in [-0.05, 0) is 33.6 Å². The Morgan fingerprint density at radius 3 is 2.47 bits per heavy atom. The lowest BCUT2D eigenvalue weighted by Gasteiger charge is -2.45. The monoisotopic (exact) mass is 239 g/mol. The molecule has 0 atom stereocenters. The zero-order valence-electron chi connectivity index (χ0n) is 11.6. The van der Waals surface area contributed by atoms with E-state index < -0.39 is 0 Å². The first-order chi connectivity index (χ1) is 8.00. The number of hydrogen-bond donors (Lipinski definition) is 0. The summed E-state index contributed by atoms with van der Waals surface area (Å²) >= 11 is 0. The van der Waals surface area contributed by atoms with Crippen molar-refractivity contribution in [2.45, 2.75) is 45.2 Å². The molecule has 0 radical (unpaired) electrons. The third-order valence-electron chi connectivity index (χ3n) is 4.23. The summed E-state index contributed by atoms with van der Waals surface area (Å²) in [6.07, 6.45) is 2.51. The summed E-state index contributed by atoms with van der Waals surface area (Å²) in [6, 6.07) is 0.792.